The molecule has 2 aliphatic rings. The second kappa shape index (κ2) is 12.4. The average molecular weight is 674 g/mol. The van der Waals surface area contributed by atoms with Crippen molar-refractivity contribution in [2.45, 2.75) is 26.8 Å². The number of pyridine rings is 2. The topological polar surface area (TPSA) is 106 Å². The van der Waals surface area contributed by atoms with Crippen molar-refractivity contribution >= 4 is 51.5 Å². The molecule has 2 aromatic heterocycles. The molecule has 1 saturated heterocycles. The number of aromatic nitrogens is 2. The number of halogens is 5. The number of hydrogen-bond donors (Lipinski definition) is 1. The van der Waals surface area contributed by atoms with E-state index in [9.17, 15) is 24.3 Å². The van der Waals surface area contributed by atoms with E-state index in [0.717, 1.165) is 0 Å². The molecule has 3 aromatic rings. The van der Waals surface area contributed by atoms with E-state index in [2.05, 4.69) is 11.6 Å². The van der Waals surface area contributed by atoms with Crippen molar-refractivity contribution in [3.8, 4) is 23.1 Å². The minimum Gasteiger partial charge on any atom is -0.503 e. The van der Waals surface area contributed by atoms with Crippen molar-refractivity contribution in [3.63, 3.8) is 0 Å². The third-order valence-electron chi connectivity index (χ3n) is 8.30. The lowest BCUT2D eigenvalue weighted by molar-refractivity contribution is -0.126. The number of carbonyl (C=O) groups is 1. The quantitative estimate of drug-likeness (QED) is 0.204. The minimum absolute atomic E-state index is 0.0583. The molecule has 240 valence electrons. The summed E-state index contributed by atoms with van der Waals surface area (Å²) in [6.07, 6.45) is 4.84. The highest BCUT2D eigenvalue weighted by Crippen LogP contribution is 2.43. The third kappa shape index (κ3) is 5.17. The fraction of sp³-hybridized carbons (Fsp3) is 0.312. The van der Waals surface area contributed by atoms with Gasteiger partial charge in [-0.25, -0.2) is 18.2 Å². The number of nitrogens with zero attached hydrogens (tertiary/aromatic N) is 6. The summed E-state index contributed by atoms with van der Waals surface area (Å²) in [6, 6.07) is 2.97. The largest absolute Gasteiger partial charge is 0.503 e. The summed E-state index contributed by atoms with van der Waals surface area (Å²) < 4.78 is 46.2. The first-order valence-electron chi connectivity index (χ1n) is 14.3. The Kier molecular flexibility index (Phi) is 8.86. The number of anilines is 1. The smallest absolute Gasteiger partial charge is 0.276 e. The van der Waals surface area contributed by atoms with Crippen LogP contribution < -0.4 is 10.5 Å². The first-order chi connectivity index (χ1) is 21.7. The molecule has 0 spiro atoms. The van der Waals surface area contributed by atoms with Gasteiger partial charge in [-0.2, -0.15) is 5.26 Å². The lowest BCUT2D eigenvalue weighted by Crippen LogP contribution is -2.49. The highest BCUT2D eigenvalue weighted by Gasteiger charge is 2.34. The number of fused-ring (bicyclic) bond motifs is 1. The normalized spacial score (nSPS) is 16.9. The predicted octanol–water partition coefficient (Wildman–Crippen LogP) is 5.91. The molecule has 4 heterocycles. The highest BCUT2D eigenvalue weighted by molar-refractivity contribution is 6.34. The summed E-state index contributed by atoms with van der Waals surface area (Å²) in [5, 5.41) is 19.2. The predicted molar refractivity (Wildman–Crippen MR) is 171 cm³/mol. The number of nitriles is 1. The Balaban J connectivity index is 1.91. The van der Waals surface area contributed by atoms with Gasteiger partial charge in [-0.15, -0.1) is 0 Å². The van der Waals surface area contributed by atoms with Crippen LogP contribution >= 0.6 is 23.2 Å². The summed E-state index contributed by atoms with van der Waals surface area (Å²) in [5.41, 5.74) is -1.26. The van der Waals surface area contributed by atoms with Crippen molar-refractivity contribution in [2.75, 3.05) is 38.1 Å². The Morgan fingerprint density at radius 3 is 2.41 bits per heavy atom. The molecule has 9 nitrogen and oxygen atoms in total. The minimum atomic E-state index is -1.69. The van der Waals surface area contributed by atoms with Gasteiger partial charge in [-0.3, -0.25) is 14.2 Å². The Hall–Kier alpha value is -4.47. The summed E-state index contributed by atoms with van der Waals surface area (Å²) in [7, 11) is 1.83. The molecule has 5 rings (SSSR count). The van der Waals surface area contributed by atoms with Gasteiger partial charge in [0.1, 0.15) is 22.3 Å². The van der Waals surface area contributed by atoms with Crippen LogP contribution in [-0.2, 0) is 4.79 Å². The van der Waals surface area contributed by atoms with Gasteiger partial charge in [0.2, 0.25) is 5.91 Å². The molecule has 46 heavy (non-hydrogen) atoms. The van der Waals surface area contributed by atoms with Crippen molar-refractivity contribution < 1.29 is 23.1 Å². The van der Waals surface area contributed by atoms with Gasteiger partial charge in [-0.05, 0) is 42.8 Å². The van der Waals surface area contributed by atoms with Crippen molar-refractivity contribution in [1.29, 1.82) is 5.26 Å². The first-order valence-corrected chi connectivity index (χ1v) is 15.0. The molecule has 0 radical (unpaired) electrons. The number of amides is 1. The van der Waals surface area contributed by atoms with Crippen LogP contribution in [0.25, 0.3) is 28.0 Å². The number of hydrogen-bond acceptors (Lipinski definition) is 7. The molecule has 1 aromatic carbocycles. The molecular formula is C32H29Cl2F3N6O3. The van der Waals surface area contributed by atoms with E-state index in [1.807, 2.05) is 38.1 Å². The van der Waals surface area contributed by atoms with E-state index in [1.54, 1.807) is 22.8 Å². The van der Waals surface area contributed by atoms with Crippen molar-refractivity contribution in [3.05, 3.63) is 80.0 Å². The number of phenolic OH excluding ortho intramolecular Hbond substituents is 1. The number of allylic oxidation sites excluding steroid dienone is 2. The molecular weight excluding hydrogens is 644 g/mol. The molecule has 0 bridgehead atoms. The van der Waals surface area contributed by atoms with Gasteiger partial charge in [-0.1, -0.05) is 43.6 Å². The van der Waals surface area contributed by atoms with Crippen LogP contribution in [0.5, 0.6) is 5.75 Å². The van der Waals surface area contributed by atoms with Crippen LogP contribution in [0.1, 0.15) is 26.3 Å². The second-order valence-corrected chi connectivity index (χ2v) is 12.2. The monoisotopic (exact) mass is 672 g/mol. The number of benzene rings is 1. The van der Waals surface area contributed by atoms with Crippen LogP contribution in [0, 0.1) is 34.7 Å². The van der Waals surface area contributed by atoms with E-state index >= 15 is 8.78 Å². The summed E-state index contributed by atoms with van der Waals surface area (Å²) in [6.45, 7) is 10.2. The van der Waals surface area contributed by atoms with Crippen LogP contribution in [0.3, 0.4) is 0 Å². The number of likely N-dealkylation sites (N-methyl/N-ethyl adjacent to an activating group) is 1. The van der Waals surface area contributed by atoms with Crippen LogP contribution in [0.4, 0.5) is 18.9 Å². The van der Waals surface area contributed by atoms with E-state index in [0.29, 0.717) is 11.3 Å². The fourth-order valence-electron chi connectivity index (χ4n) is 6.13. The third-order valence-corrected chi connectivity index (χ3v) is 8.92. The maximum absolute atomic E-state index is 15.4. The van der Waals surface area contributed by atoms with Crippen LogP contribution in [0.2, 0.25) is 10.0 Å². The Labute approximate surface area is 272 Å². The van der Waals surface area contributed by atoms with Gasteiger partial charge >= 0.3 is 0 Å². The van der Waals surface area contributed by atoms with E-state index in [1.165, 1.54) is 16.7 Å². The number of phenols is 1. The molecule has 1 atom stereocenters. The standard InChI is InChI=1S/C32H29Cl2F3N6O3/c1-6-20(44)41-9-11-42(12-10-41)29-17-13-19(33)26(21-23(35)22(34)25(37)30(45)24(21)36)39-31(17)43(32(46)18(29)14-38)28-16(4)7-8-40(5)27(28)15(2)3/h6-8,13,15,27,45H,1,9-12H2,2-5H3/t27-/m1/s1. The van der Waals surface area contributed by atoms with Gasteiger partial charge < -0.3 is 19.8 Å². The maximum Gasteiger partial charge on any atom is 0.276 e. The van der Waals surface area contributed by atoms with Gasteiger partial charge in [0.25, 0.3) is 5.56 Å². The number of carbonyl (C=O) groups excluding carboxylic acids is 1. The maximum atomic E-state index is 15.4. The van der Waals surface area contributed by atoms with Gasteiger partial charge in [0.15, 0.2) is 23.2 Å². The lowest BCUT2D eigenvalue weighted by atomic mass is 9.93. The zero-order valence-corrected chi connectivity index (χ0v) is 26.8. The van der Waals surface area contributed by atoms with E-state index in [-0.39, 0.29) is 65.3 Å². The molecule has 0 aliphatic carbocycles. The molecule has 1 amide bonds. The number of piperazine rings is 1. The SMILES string of the molecule is C=CC(=O)N1CCN(c2c(C#N)c(=O)n(C3=C(C)C=CN(C)[C@@H]3C(C)C)c3nc(-c4c(F)c(O)c(F)c(Cl)c4F)c(Cl)cc23)CC1. The first kappa shape index (κ1) is 32.9. The number of aromatic hydroxyl groups is 1. The Morgan fingerprint density at radius 1 is 1.17 bits per heavy atom. The summed E-state index contributed by atoms with van der Waals surface area (Å²) in [5.74, 6) is -6.78. The molecule has 1 N–H and O–H groups in total. The summed E-state index contributed by atoms with van der Waals surface area (Å²) >= 11 is 12.4. The zero-order valence-electron chi connectivity index (χ0n) is 25.3. The Bertz CT molecular complexity index is 1950. The fourth-order valence-corrected chi connectivity index (χ4v) is 6.56. The second-order valence-electron chi connectivity index (χ2n) is 11.4. The average Bonchev–Trinajstić information content (AvgIpc) is 3.03. The zero-order chi connectivity index (χ0) is 33.8. The van der Waals surface area contributed by atoms with Crippen LogP contribution in [0.15, 0.2) is 41.4 Å². The van der Waals surface area contributed by atoms with Crippen molar-refractivity contribution in [2.24, 2.45) is 5.92 Å². The highest BCUT2D eigenvalue weighted by atomic mass is 35.5. The van der Waals surface area contributed by atoms with Gasteiger partial charge in [0.05, 0.1) is 33.7 Å². The number of rotatable bonds is 5. The lowest BCUT2D eigenvalue weighted by Gasteiger charge is -2.38. The van der Waals surface area contributed by atoms with Crippen molar-refractivity contribution in [1.82, 2.24) is 19.4 Å². The molecule has 1 fully saturated rings. The molecule has 0 unspecified atom stereocenters. The molecule has 0 saturated carbocycles. The van der Waals surface area contributed by atoms with E-state index in [4.69, 9.17) is 23.2 Å². The van der Waals surface area contributed by atoms with Gasteiger partial charge in [0, 0.05) is 38.6 Å². The molecule has 2 aliphatic heterocycles. The Morgan fingerprint density at radius 2 is 1.83 bits per heavy atom. The van der Waals surface area contributed by atoms with Crippen LogP contribution in [-0.4, -0.2) is 69.6 Å². The molecule has 14 heteroatoms. The van der Waals surface area contributed by atoms with E-state index < -0.39 is 51.1 Å². The summed E-state index contributed by atoms with van der Waals surface area (Å²) in [4.78, 5) is 36.4.